The number of amides is 1. The number of hydrogen-bond acceptors (Lipinski definition) is 15. The predicted octanol–water partition coefficient (Wildman–Crippen LogP) is 0.0310. The zero-order chi connectivity index (χ0) is 35.3. The molecule has 1 aromatic rings. The van der Waals surface area contributed by atoms with Gasteiger partial charge in [0.2, 0.25) is 5.91 Å². The summed E-state index contributed by atoms with van der Waals surface area (Å²) in [5.74, 6) is -0.761. The third-order valence-corrected chi connectivity index (χ3v) is 5.75. The second kappa shape index (κ2) is 35.2. The van der Waals surface area contributed by atoms with Crippen LogP contribution in [0, 0.1) is 0 Å². The van der Waals surface area contributed by atoms with E-state index < -0.39 is 18.5 Å². The Hall–Kier alpha value is -2.68. The fourth-order valence-electron chi connectivity index (χ4n) is 3.41. The van der Waals surface area contributed by atoms with E-state index in [0.29, 0.717) is 151 Å². The van der Waals surface area contributed by atoms with Crippen molar-refractivity contribution in [3.63, 3.8) is 0 Å². The largest absolute Gasteiger partial charge is 0.491 e. The molecule has 0 aliphatic heterocycles. The van der Waals surface area contributed by atoms with Crippen molar-refractivity contribution < 1.29 is 71.5 Å². The van der Waals surface area contributed by atoms with E-state index in [1.54, 1.807) is 12.1 Å². The lowest BCUT2D eigenvalue weighted by Crippen LogP contribution is -2.31. The van der Waals surface area contributed by atoms with Crippen molar-refractivity contribution in [2.45, 2.75) is 0 Å². The van der Waals surface area contributed by atoms with Crippen molar-refractivity contribution in [3.8, 4) is 5.75 Å². The smallest absolute Gasteiger partial charge is 0.329 e. The van der Waals surface area contributed by atoms with Crippen LogP contribution in [0.2, 0.25) is 0 Å². The number of nitrogens with one attached hydrogen (secondary N) is 1. The van der Waals surface area contributed by atoms with E-state index in [4.69, 9.17) is 62.9 Å². The molecule has 17 heteroatoms. The number of carbonyl (C=O) groups excluding carboxylic acids is 1. The fourth-order valence-corrected chi connectivity index (χ4v) is 3.41. The molecule has 0 unspecified atom stereocenters. The molecule has 0 bridgehead atoms. The molecule has 284 valence electrons. The van der Waals surface area contributed by atoms with Gasteiger partial charge in [0, 0.05) is 12.2 Å². The summed E-state index contributed by atoms with van der Waals surface area (Å²) in [6.45, 7) is 9.13. The highest BCUT2D eigenvalue weighted by Crippen LogP contribution is 2.12. The average molecular weight is 709 g/mol. The number of hydrogen-bond donors (Lipinski definition) is 3. The van der Waals surface area contributed by atoms with Crippen molar-refractivity contribution in [2.24, 2.45) is 0 Å². The number of rotatable bonds is 38. The summed E-state index contributed by atoms with van der Waals surface area (Å²) in [6, 6.07) is 7.23. The van der Waals surface area contributed by atoms with Crippen molar-refractivity contribution in [1.82, 2.24) is 5.32 Å². The van der Waals surface area contributed by atoms with Crippen LogP contribution >= 0.6 is 0 Å². The zero-order valence-corrected chi connectivity index (χ0v) is 28.5. The number of ether oxygens (including phenoxy) is 12. The lowest BCUT2D eigenvalue weighted by Gasteiger charge is -2.09. The van der Waals surface area contributed by atoms with Gasteiger partial charge in [-0.25, -0.2) is 4.79 Å². The van der Waals surface area contributed by atoms with Crippen LogP contribution in [0.1, 0.15) is 0 Å². The summed E-state index contributed by atoms with van der Waals surface area (Å²) in [7, 11) is 0. The first-order valence-electron chi connectivity index (χ1n) is 16.4. The Kier molecular flexibility index (Phi) is 31.8. The third kappa shape index (κ3) is 33.6. The van der Waals surface area contributed by atoms with Crippen LogP contribution in [0.5, 0.6) is 5.75 Å². The van der Waals surface area contributed by atoms with Crippen molar-refractivity contribution in [1.29, 1.82) is 0 Å². The first-order valence-corrected chi connectivity index (χ1v) is 16.4. The number of benzene rings is 1. The van der Waals surface area contributed by atoms with Crippen molar-refractivity contribution in [2.75, 3.05) is 164 Å². The van der Waals surface area contributed by atoms with Gasteiger partial charge in [0.05, 0.1) is 132 Å². The molecular formula is C32H56N2O15. The van der Waals surface area contributed by atoms with Gasteiger partial charge in [0.25, 0.3) is 0 Å². The number of carboxylic acid groups (broad SMARTS) is 1. The lowest BCUT2D eigenvalue weighted by molar-refractivity contribution is -0.143. The van der Waals surface area contributed by atoms with E-state index in [9.17, 15) is 9.59 Å². The highest BCUT2D eigenvalue weighted by molar-refractivity contribution is 5.77. The van der Waals surface area contributed by atoms with Crippen LogP contribution in [-0.2, 0) is 61.7 Å². The average Bonchev–Trinajstić information content (AvgIpc) is 3.09. The Bertz CT molecular complexity index is 883. The first-order chi connectivity index (χ1) is 24.1. The summed E-state index contributed by atoms with van der Waals surface area (Å²) < 4.78 is 64.6. The molecular weight excluding hydrogens is 652 g/mol. The van der Waals surface area contributed by atoms with Gasteiger partial charge in [0.1, 0.15) is 25.6 Å². The van der Waals surface area contributed by atoms with Gasteiger partial charge in [0.15, 0.2) is 0 Å². The molecule has 0 atom stereocenters. The quantitative estimate of drug-likeness (QED) is 0.0613. The van der Waals surface area contributed by atoms with Crippen LogP contribution in [0.4, 0.5) is 5.69 Å². The summed E-state index contributed by atoms with van der Waals surface area (Å²) in [5, 5.41) is 11.0. The number of aliphatic carboxylic acids is 1. The van der Waals surface area contributed by atoms with Crippen LogP contribution in [0.3, 0.4) is 0 Å². The molecule has 0 saturated carbocycles. The van der Waals surface area contributed by atoms with Gasteiger partial charge in [-0.05, 0) is 24.3 Å². The van der Waals surface area contributed by atoms with E-state index in [1.165, 1.54) is 0 Å². The molecule has 0 spiro atoms. The fraction of sp³-hybridized carbons (Fsp3) is 0.750. The minimum Gasteiger partial charge on any atom is -0.491 e. The molecule has 0 aliphatic carbocycles. The second-order valence-electron chi connectivity index (χ2n) is 9.78. The van der Waals surface area contributed by atoms with Crippen LogP contribution in [-0.4, -0.2) is 175 Å². The number of carbonyl (C=O) groups is 2. The Morgan fingerprint density at radius 1 is 0.469 bits per heavy atom. The maximum Gasteiger partial charge on any atom is 0.329 e. The van der Waals surface area contributed by atoms with Gasteiger partial charge in [-0.3, -0.25) is 4.79 Å². The van der Waals surface area contributed by atoms with Gasteiger partial charge in [-0.15, -0.1) is 0 Å². The highest BCUT2D eigenvalue weighted by Gasteiger charge is 2.03. The van der Waals surface area contributed by atoms with Crippen molar-refractivity contribution in [3.05, 3.63) is 24.3 Å². The van der Waals surface area contributed by atoms with Crippen LogP contribution in [0.15, 0.2) is 24.3 Å². The first kappa shape index (κ1) is 44.3. The normalized spacial score (nSPS) is 11.2. The number of nitrogen functional groups attached to an aromatic ring is 1. The number of nitrogens with two attached hydrogens (primary N) is 1. The minimum atomic E-state index is -1.12. The van der Waals surface area contributed by atoms with Gasteiger partial charge < -0.3 is 73.0 Å². The summed E-state index contributed by atoms with van der Waals surface area (Å²) in [5.41, 5.74) is 6.34. The highest BCUT2D eigenvalue weighted by atomic mass is 16.6. The van der Waals surface area contributed by atoms with Crippen molar-refractivity contribution >= 4 is 17.6 Å². The van der Waals surface area contributed by atoms with Gasteiger partial charge in [-0.1, -0.05) is 0 Å². The molecule has 0 fully saturated rings. The maximum atomic E-state index is 11.4. The summed E-state index contributed by atoms with van der Waals surface area (Å²) >= 11 is 0. The van der Waals surface area contributed by atoms with E-state index in [1.807, 2.05) is 12.1 Å². The molecule has 4 N–H and O–H groups in total. The Morgan fingerprint density at radius 3 is 1.14 bits per heavy atom. The standard InChI is InChI=1S/C32H56N2O15/c33-29-1-3-30(4-2-29)49-26-25-47-24-23-46-22-21-45-20-19-44-18-17-43-16-15-42-14-13-41-12-11-40-10-9-39-8-7-38-6-5-34-31(35)27-48-28-32(36)37/h1-4H,5-28,33H2,(H,34,35)(H,36,37). The maximum absolute atomic E-state index is 11.4. The Balaban J connectivity index is 1.64. The monoisotopic (exact) mass is 708 g/mol. The number of carboxylic acids is 1. The molecule has 0 heterocycles. The summed E-state index contributed by atoms with van der Waals surface area (Å²) in [6.07, 6.45) is 0. The second-order valence-corrected chi connectivity index (χ2v) is 9.78. The molecule has 0 saturated heterocycles. The van der Waals surface area contributed by atoms with Crippen LogP contribution < -0.4 is 15.8 Å². The molecule has 0 aromatic heterocycles. The molecule has 1 aromatic carbocycles. The molecule has 1 amide bonds. The minimum absolute atomic E-state index is 0.298. The van der Waals surface area contributed by atoms with Gasteiger partial charge >= 0.3 is 5.97 Å². The van der Waals surface area contributed by atoms with E-state index in [0.717, 1.165) is 5.75 Å². The van der Waals surface area contributed by atoms with E-state index >= 15 is 0 Å². The topological polar surface area (TPSA) is 203 Å². The van der Waals surface area contributed by atoms with E-state index in [-0.39, 0.29) is 6.61 Å². The molecule has 0 radical (unpaired) electrons. The molecule has 49 heavy (non-hydrogen) atoms. The van der Waals surface area contributed by atoms with E-state index in [2.05, 4.69) is 10.1 Å². The molecule has 1 rings (SSSR count). The van der Waals surface area contributed by atoms with Gasteiger partial charge in [-0.2, -0.15) is 0 Å². The zero-order valence-electron chi connectivity index (χ0n) is 28.5. The third-order valence-electron chi connectivity index (χ3n) is 5.75. The predicted molar refractivity (Wildman–Crippen MR) is 176 cm³/mol. The summed E-state index contributed by atoms with van der Waals surface area (Å²) in [4.78, 5) is 21.6. The lowest BCUT2D eigenvalue weighted by atomic mass is 10.3. The Morgan fingerprint density at radius 2 is 0.796 bits per heavy atom. The Labute approximate surface area is 288 Å². The SMILES string of the molecule is Nc1ccc(OCCOCCOCCOCCOCCOCCOCCOCCOCCOCCOCCNC(=O)COCC(=O)O)cc1. The van der Waals surface area contributed by atoms with Crippen LogP contribution in [0.25, 0.3) is 0 Å². The number of anilines is 1. The molecule has 0 aliphatic rings. The molecule has 17 nitrogen and oxygen atoms in total.